The number of hydrogen-bond acceptors (Lipinski definition) is 1. The highest BCUT2D eigenvalue weighted by molar-refractivity contribution is 6.91. The van der Waals surface area contributed by atoms with E-state index < -0.39 is 8.07 Å². The molecule has 1 nitrogen and oxygen atoms in total. The molecule has 0 saturated heterocycles. The van der Waals surface area contributed by atoms with Crippen molar-refractivity contribution >= 4 is 13.3 Å². The molecule has 112 valence electrons. The zero-order chi connectivity index (χ0) is 15.2. The van der Waals surface area contributed by atoms with Gasteiger partial charge in [0.05, 0.1) is 8.07 Å². The Hall–Kier alpha value is -0.863. The molecular weight excluding hydrogens is 258 g/mol. The monoisotopic (exact) mass is 289 g/mol. The fourth-order valence-electron chi connectivity index (χ4n) is 3.52. The normalized spacial score (nSPS) is 14.4. The van der Waals surface area contributed by atoms with E-state index in [1.54, 1.807) is 5.19 Å². The Bertz CT molecular complexity index is 409. The molecule has 1 rings (SSSR count). The lowest BCUT2D eigenvalue weighted by Crippen LogP contribution is -2.61. The van der Waals surface area contributed by atoms with Gasteiger partial charge in [0, 0.05) is 12.2 Å². The minimum atomic E-state index is -1.49. The summed E-state index contributed by atoms with van der Waals surface area (Å²) >= 11 is 0. The van der Waals surface area contributed by atoms with Crippen molar-refractivity contribution in [2.45, 2.75) is 46.0 Å². The summed E-state index contributed by atoms with van der Waals surface area (Å²) in [6.07, 6.45) is 5.57. The van der Waals surface area contributed by atoms with Gasteiger partial charge in [-0.25, -0.2) is 0 Å². The molecule has 0 aliphatic carbocycles. The average molecular weight is 290 g/mol. The van der Waals surface area contributed by atoms with Crippen LogP contribution in [-0.4, -0.2) is 32.2 Å². The molecular formula is C18H31NSi. The molecule has 0 aliphatic heterocycles. The van der Waals surface area contributed by atoms with E-state index in [9.17, 15) is 0 Å². The topological polar surface area (TPSA) is 3.24 Å². The molecule has 0 N–H and O–H groups in total. The van der Waals surface area contributed by atoms with Crippen molar-refractivity contribution in [1.29, 1.82) is 0 Å². The van der Waals surface area contributed by atoms with Gasteiger partial charge in [-0.3, -0.25) is 0 Å². The Morgan fingerprint density at radius 1 is 1.15 bits per heavy atom. The highest BCUT2D eigenvalue weighted by Crippen LogP contribution is 2.22. The molecule has 1 aromatic rings. The fraction of sp³-hybridized carbons (Fsp3) is 0.556. The van der Waals surface area contributed by atoms with Gasteiger partial charge in [0.25, 0.3) is 0 Å². The Labute approximate surface area is 126 Å². The van der Waals surface area contributed by atoms with E-state index in [0.29, 0.717) is 11.6 Å². The first-order valence-electron chi connectivity index (χ1n) is 7.78. The van der Waals surface area contributed by atoms with Gasteiger partial charge in [0.1, 0.15) is 0 Å². The molecule has 0 spiro atoms. The van der Waals surface area contributed by atoms with Crippen molar-refractivity contribution in [1.82, 2.24) is 4.90 Å². The van der Waals surface area contributed by atoms with Crippen LogP contribution >= 0.6 is 0 Å². The summed E-state index contributed by atoms with van der Waals surface area (Å²) < 4.78 is 0. The summed E-state index contributed by atoms with van der Waals surface area (Å²) in [6, 6.07) is 11.1. The van der Waals surface area contributed by atoms with Crippen LogP contribution in [0.2, 0.25) is 13.1 Å². The van der Waals surface area contributed by atoms with Crippen LogP contribution in [0.4, 0.5) is 0 Å². The second-order valence-corrected chi connectivity index (χ2v) is 11.2. The van der Waals surface area contributed by atoms with Crippen molar-refractivity contribution < 1.29 is 0 Å². The van der Waals surface area contributed by atoms with Crippen LogP contribution in [0, 0.1) is 5.92 Å². The molecule has 0 aromatic heterocycles. The maximum absolute atomic E-state index is 2.59. The first-order valence-corrected chi connectivity index (χ1v) is 10.9. The van der Waals surface area contributed by atoms with Gasteiger partial charge in [-0.05, 0) is 26.3 Å². The summed E-state index contributed by atoms with van der Waals surface area (Å²) in [6.45, 7) is 13.0. The van der Waals surface area contributed by atoms with Gasteiger partial charge in [-0.2, -0.15) is 0 Å². The highest BCUT2D eigenvalue weighted by atomic mass is 28.3. The van der Waals surface area contributed by atoms with Gasteiger partial charge in [-0.15, -0.1) is 0 Å². The molecule has 0 saturated carbocycles. The van der Waals surface area contributed by atoms with E-state index in [-0.39, 0.29) is 0 Å². The molecule has 1 atom stereocenters. The Morgan fingerprint density at radius 3 is 2.25 bits per heavy atom. The van der Waals surface area contributed by atoms with Crippen molar-refractivity contribution in [3.8, 4) is 0 Å². The van der Waals surface area contributed by atoms with Gasteiger partial charge < -0.3 is 4.90 Å². The smallest absolute Gasteiger partial charge is 0.0990 e. The standard InChI is InChI=1S/C18H31NSi/c1-7-8-12-15-19(4)18(16(2)3)20(5,6)17-13-10-9-11-14-17/h7-11,13-14,16,18H,12,15H2,1-6H3/b8-7-. The Morgan fingerprint density at radius 2 is 1.75 bits per heavy atom. The summed E-state index contributed by atoms with van der Waals surface area (Å²) in [5, 5.41) is 1.57. The predicted molar refractivity (Wildman–Crippen MR) is 94.2 cm³/mol. The van der Waals surface area contributed by atoms with Crippen LogP contribution in [0.1, 0.15) is 27.2 Å². The third-order valence-corrected chi connectivity index (χ3v) is 8.66. The lowest BCUT2D eigenvalue weighted by atomic mass is 10.2. The Kier molecular flexibility index (Phi) is 6.70. The molecule has 1 aromatic carbocycles. The minimum Gasteiger partial charge on any atom is -0.305 e. The van der Waals surface area contributed by atoms with E-state index in [0.717, 1.165) is 13.0 Å². The van der Waals surface area contributed by atoms with Gasteiger partial charge in [0.2, 0.25) is 0 Å². The molecule has 20 heavy (non-hydrogen) atoms. The molecule has 0 radical (unpaired) electrons. The summed E-state index contributed by atoms with van der Waals surface area (Å²) in [5.41, 5.74) is 0.676. The number of benzene rings is 1. The van der Waals surface area contributed by atoms with E-state index in [1.807, 2.05) is 0 Å². The second kappa shape index (κ2) is 7.80. The average Bonchev–Trinajstić information content (AvgIpc) is 2.39. The van der Waals surface area contributed by atoms with Gasteiger partial charge in [0.15, 0.2) is 0 Å². The van der Waals surface area contributed by atoms with Crippen molar-refractivity contribution in [3.05, 3.63) is 42.5 Å². The number of allylic oxidation sites excluding steroid dienone is 1. The zero-order valence-electron chi connectivity index (χ0n) is 14.1. The van der Waals surface area contributed by atoms with E-state index >= 15 is 0 Å². The van der Waals surface area contributed by atoms with E-state index in [2.05, 4.69) is 88.3 Å². The van der Waals surface area contributed by atoms with Crippen molar-refractivity contribution in [2.75, 3.05) is 13.6 Å². The molecule has 0 amide bonds. The summed E-state index contributed by atoms with van der Waals surface area (Å²) in [5.74, 6) is 0.687. The number of rotatable bonds is 7. The molecule has 0 heterocycles. The maximum atomic E-state index is 2.59. The van der Waals surface area contributed by atoms with Gasteiger partial charge >= 0.3 is 0 Å². The van der Waals surface area contributed by atoms with Crippen LogP contribution in [0.3, 0.4) is 0 Å². The molecule has 1 unspecified atom stereocenters. The van der Waals surface area contributed by atoms with E-state index in [1.165, 1.54) is 0 Å². The lowest BCUT2D eigenvalue weighted by molar-refractivity contribution is 0.255. The minimum absolute atomic E-state index is 0.676. The molecule has 0 bridgehead atoms. The Balaban J connectivity index is 2.94. The van der Waals surface area contributed by atoms with Crippen LogP contribution in [0.15, 0.2) is 42.5 Å². The van der Waals surface area contributed by atoms with Crippen LogP contribution in [-0.2, 0) is 0 Å². The van der Waals surface area contributed by atoms with E-state index in [4.69, 9.17) is 0 Å². The van der Waals surface area contributed by atoms with Gasteiger partial charge in [-0.1, -0.05) is 74.6 Å². The number of hydrogen-bond donors (Lipinski definition) is 0. The van der Waals surface area contributed by atoms with Crippen LogP contribution in [0.25, 0.3) is 0 Å². The van der Waals surface area contributed by atoms with Crippen LogP contribution < -0.4 is 5.19 Å². The quantitative estimate of drug-likeness (QED) is 0.540. The SMILES string of the molecule is C/C=C\CCN(C)C(C(C)C)[Si](C)(C)c1ccccc1. The third kappa shape index (κ3) is 4.32. The predicted octanol–water partition coefficient (Wildman–Crippen LogP) is 4.06. The van der Waals surface area contributed by atoms with Crippen LogP contribution in [0.5, 0.6) is 0 Å². The van der Waals surface area contributed by atoms with Crippen molar-refractivity contribution in [2.24, 2.45) is 5.92 Å². The van der Waals surface area contributed by atoms with Crippen molar-refractivity contribution in [3.63, 3.8) is 0 Å². The molecule has 0 aliphatic rings. The maximum Gasteiger partial charge on any atom is 0.0990 e. The molecule has 2 heteroatoms. The first kappa shape index (κ1) is 17.2. The fourth-order valence-corrected chi connectivity index (χ4v) is 7.81. The zero-order valence-corrected chi connectivity index (χ0v) is 15.1. The highest BCUT2D eigenvalue weighted by Gasteiger charge is 2.37. The lowest BCUT2D eigenvalue weighted by Gasteiger charge is -2.42. The summed E-state index contributed by atoms with van der Waals surface area (Å²) in [4.78, 5) is 2.59. The molecule has 0 fully saturated rings. The number of nitrogens with zero attached hydrogens (tertiary/aromatic N) is 1. The summed E-state index contributed by atoms with van der Waals surface area (Å²) in [7, 11) is 0.804. The second-order valence-electron chi connectivity index (χ2n) is 6.61. The largest absolute Gasteiger partial charge is 0.305 e. The third-order valence-electron chi connectivity index (χ3n) is 4.25. The first-order chi connectivity index (χ1) is 9.41.